The Balaban J connectivity index is 4.07. The Morgan fingerprint density at radius 1 is 1.53 bits per heavy atom. The van der Waals surface area contributed by atoms with Crippen LogP contribution >= 0.6 is 22.6 Å². The second kappa shape index (κ2) is 10.4. The Labute approximate surface area is 107 Å². The zero-order valence-electron chi connectivity index (χ0n) is 9.38. The monoisotopic (exact) mass is 320 g/mol. The van der Waals surface area contributed by atoms with Crippen molar-refractivity contribution in [3.8, 4) is 0 Å². The van der Waals surface area contributed by atoms with Crippen molar-refractivity contribution in [1.29, 1.82) is 0 Å². The number of hydrogen-bond donors (Lipinski definition) is 2. The third kappa shape index (κ3) is 8.84. The summed E-state index contributed by atoms with van der Waals surface area (Å²) in [4.78, 5) is 0. The minimum absolute atomic E-state index is 0.617. The van der Waals surface area contributed by atoms with E-state index in [2.05, 4.69) is 52.8 Å². The number of allylic oxidation sites excluding steroid dienone is 5. The van der Waals surface area contributed by atoms with Crippen LogP contribution in [0, 0.1) is 5.92 Å². The van der Waals surface area contributed by atoms with Crippen LogP contribution in [0.25, 0.3) is 0 Å². The lowest BCUT2D eigenvalue weighted by atomic mass is 10.0. The molecule has 3 heteroatoms. The summed E-state index contributed by atoms with van der Waals surface area (Å²) in [7, 11) is 0. The van der Waals surface area contributed by atoms with Gasteiger partial charge in [-0.3, -0.25) is 11.3 Å². The molecular weight excluding hydrogens is 299 g/mol. The third-order valence-corrected chi connectivity index (χ3v) is 2.83. The number of halogens is 1. The number of rotatable bonds is 8. The van der Waals surface area contributed by atoms with Gasteiger partial charge in [0.25, 0.3) is 0 Å². The van der Waals surface area contributed by atoms with Gasteiger partial charge in [-0.1, -0.05) is 59.0 Å². The zero-order chi connectivity index (χ0) is 11.5. The van der Waals surface area contributed by atoms with Crippen LogP contribution in [-0.2, 0) is 0 Å². The molecule has 0 aromatic rings. The molecule has 0 radical (unpaired) electrons. The van der Waals surface area contributed by atoms with Crippen LogP contribution in [0.15, 0.2) is 36.5 Å². The first-order valence-electron chi connectivity index (χ1n) is 5.21. The number of hydrazine groups is 1. The van der Waals surface area contributed by atoms with Crippen molar-refractivity contribution in [2.24, 2.45) is 11.8 Å². The topological polar surface area (TPSA) is 38.0 Å². The lowest BCUT2D eigenvalue weighted by Gasteiger charge is -2.09. The summed E-state index contributed by atoms with van der Waals surface area (Å²) < 4.78 is 1.18. The highest BCUT2D eigenvalue weighted by Crippen LogP contribution is 2.12. The average molecular weight is 320 g/mol. The van der Waals surface area contributed by atoms with Gasteiger partial charge in [0.15, 0.2) is 0 Å². The first-order valence-corrected chi connectivity index (χ1v) is 6.74. The number of nitrogens with one attached hydrogen (secondary N) is 1. The fourth-order valence-electron chi connectivity index (χ4n) is 1.18. The van der Waals surface area contributed by atoms with E-state index in [1.54, 1.807) is 0 Å². The van der Waals surface area contributed by atoms with Crippen molar-refractivity contribution in [2.45, 2.75) is 19.8 Å². The maximum Gasteiger partial charge on any atom is 0.0103 e. The lowest BCUT2D eigenvalue weighted by Crippen LogP contribution is -2.24. The predicted octanol–water partition coefficient (Wildman–Crippen LogP) is 2.97. The van der Waals surface area contributed by atoms with E-state index >= 15 is 0 Å². The number of nitrogens with two attached hydrogens (primary N) is 1. The predicted molar refractivity (Wildman–Crippen MR) is 76.9 cm³/mol. The van der Waals surface area contributed by atoms with Crippen LogP contribution in [-0.4, -0.2) is 11.0 Å². The maximum absolute atomic E-state index is 5.27. The van der Waals surface area contributed by atoms with E-state index in [4.69, 9.17) is 5.84 Å². The van der Waals surface area contributed by atoms with Crippen LogP contribution in [0.2, 0.25) is 0 Å². The molecule has 0 fully saturated rings. The highest BCUT2D eigenvalue weighted by atomic mass is 127. The molecule has 0 bridgehead atoms. The SMILES string of the molecule is C=C/C(C)=C\C=C\[C@H](CCI)CCNN. The highest BCUT2D eigenvalue weighted by Gasteiger charge is 2.02. The molecule has 0 aromatic heterocycles. The molecule has 1 atom stereocenters. The first-order chi connectivity index (χ1) is 7.24. The van der Waals surface area contributed by atoms with Gasteiger partial charge in [0.1, 0.15) is 0 Å². The van der Waals surface area contributed by atoms with Crippen molar-refractivity contribution in [1.82, 2.24) is 5.43 Å². The quantitative estimate of drug-likeness (QED) is 0.237. The van der Waals surface area contributed by atoms with E-state index in [1.807, 2.05) is 13.0 Å². The summed E-state index contributed by atoms with van der Waals surface area (Å²) in [5, 5.41) is 0. The van der Waals surface area contributed by atoms with E-state index in [9.17, 15) is 0 Å². The van der Waals surface area contributed by atoms with E-state index in [1.165, 1.54) is 16.4 Å². The fraction of sp³-hybridized carbons (Fsp3) is 0.500. The maximum atomic E-state index is 5.27. The molecule has 0 saturated heterocycles. The summed E-state index contributed by atoms with van der Waals surface area (Å²) in [6.07, 6.45) is 10.6. The standard InChI is InChI=1S/C12H21IN2/c1-3-11(2)5-4-6-12(7-9-13)8-10-15-14/h3-6,12,15H,1,7-10,14H2,2H3/b6-4+,11-5-/t12-/m1/s1. The molecule has 0 heterocycles. The van der Waals surface area contributed by atoms with Crippen LogP contribution in [0.3, 0.4) is 0 Å². The van der Waals surface area contributed by atoms with Gasteiger partial charge < -0.3 is 0 Å². The summed E-state index contributed by atoms with van der Waals surface area (Å²) in [5.41, 5.74) is 3.89. The van der Waals surface area contributed by atoms with Crippen LogP contribution in [0.1, 0.15) is 19.8 Å². The van der Waals surface area contributed by atoms with Gasteiger partial charge in [0, 0.05) is 11.0 Å². The molecule has 0 saturated carbocycles. The molecule has 86 valence electrons. The Morgan fingerprint density at radius 3 is 2.80 bits per heavy atom. The fourth-order valence-corrected chi connectivity index (χ4v) is 1.98. The molecule has 0 aliphatic heterocycles. The van der Waals surface area contributed by atoms with Crippen molar-refractivity contribution in [3.63, 3.8) is 0 Å². The number of alkyl halides is 1. The molecule has 15 heavy (non-hydrogen) atoms. The Morgan fingerprint density at radius 2 is 2.27 bits per heavy atom. The molecule has 0 unspecified atom stereocenters. The summed E-state index contributed by atoms with van der Waals surface area (Å²) in [5.74, 6) is 5.89. The Bertz CT molecular complexity index is 222. The van der Waals surface area contributed by atoms with Gasteiger partial charge in [-0.25, -0.2) is 0 Å². The molecule has 0 spiro atoms. The molecule has 2 nitrogen and oxygen atoms in total. The van der Waals surface area contributed by atoms with Gasteiger partial charge in [0.2, 0.25) is 0 Å². The zero-order valence-corrected chi connectivity index (χ0v) is 11.5. The minimum atomic E-state index is 0.617. The molecule has 3 N–H and O–H groups in total. The van der Waals surface area contributed by atoms with Crippen LogP contribution in [0.4, 0.5) is 0 Å². The highest BCUT2D eigenvalue weighted by molar-refractivity contribution is 14.1. The van der Waals surface area contributed by atoms with Crippen molar-refractivity contribution < 1.29 is 0 Å². The normalized spacial score (nSPS) is 14.5. The summed E-state index contributed by atoms with van der Waals surface area (Å²) >= 11 is 2.41. The molecule has 0 aliphatic carbocycles. The van der Waals surface area contributed by atoms with Gasteiger partial charge in [-0.05, 0) is 25.7 Å². The average Bonchev–Trinajstić information content (AvgIpc) is 2.25. The van der Waals surface area contributed by atoms with Gasteiger partial charge in [0.05, 0.1) is 0 Å². The largest absolute Gasteiger partial charge is 0.271 e. The smallest absolute Gasteiger partial charge is 0.0103 e. The van der Waals surface area contributed by atoms with Crippen molar-refractivity contribution in [2.75, 3.05) is 11.0 Å². The second-order valence-corrected chi connectivity index (χ2v) is 4.56. The van der Waals surface area contributed by atoms with Crippen LogP contribution < -0.4 is 11.3 Å². The third-order valence-electron chi connectivity index (χ3n) is 2.20. The Hall–Kier alpha value is -0.130. The van der Waals surface area contributed by atoms with Crippen LogP contribution in [0.5, 0.6) is 0 Å². The summed E-state index contributed by atoms with van der Waals surface area (Å²) in [6, 6.07) is 0. The van der Waals surface area contributed by atoms with Gasteiger partial charge in [-0.2, -0.15) is 0 Å². The van der Waals surface area contributed by atoms with Crippen molar-refractivity contribution in [3.05, 3.63) is 36.5 Å². The Kier molecular flexibility index (Phi) is 10.3. The molecule has 0 aliphatic rings. The summed E-state index contributed by atoms with van der Waals surface area (Å²) in [6.45, 7) is 6.63. The van der Waals surface area contributed by atoms with E-state index in [-0.39, 0.29) is 0 Å². The van der Waals surface area contributed by atoms with Crippen molar-refractivity contribution >= 4 is 22.6 Å². The van der Waals surface area contributed by atoms with E-state index < -0.39 is 0 Å². The van der Waals surface area contributed by atoms with E-state index in [0.29, 0.717) is 5.92 Å². The minimum Gasteiger partial charge on any atom is -0.271 e. The van der Waals surface area contributed by atoms with Gasteiger partial charge >= 0.3 is 0 Å². The molecule has 0 amide bonds. The first kappa shape index (κ1) is 14.9. The molecular formula is C12H21IN2. The molecule has 0 aromatic carbocycles. The van der Waals surface area contributed by atoms with E-state index in [0.717, 1.165) is 13.0 Å². The van der Waals surface area contributed by atoms with Gasteiger partial charge in [-0.15, -0.1) is 0 Å². The number of hydrogen-bond acceptors (Lipinski definition) is 2. The molecule has 0 rings (SSSR count). The second-order valence-electron chi connectivity index (χ2n) is 3.48. The lowest BCUT2D eigenvalue weighted by molar-refractivity contribution is 0.544.